The maximum atomic E-state index is 12.1. The molecule has 0 bridgehead atoms. The van der Waals surface area contributed by atoms with Crippen LogP contribution in [0.2, 0.25) is 0 Å². The van der Waals surface area contributed by atoms with Gasteiger partial charge in [-0.25, -0.2) is 0 Å². The molecule has 0 radical (unpaired) electrons. The van der Waals surface area contributed by atoms with Crippen LogP contribution in [0.4, 0.5) is 0 Å². The summed E-state index contributed by atoms with van der Waals surface area (Å²) in [5.74, 6) is -0.138. The molecular weight excluding hydrogens is 268 g/mol. The molecule has 0 saturated heterocycles. The van der Waals surface area contributed by atoms with Gasteiger partial charge in [-0.1, -0.05) is 50.2 Å². The second-order valence-electron chi connectivity index (χ2n) is 5.47. The molecule has 1 aromatic heterocycles. The molecule has 0 saturated carbocycles. The van der Waals surface area contributed by atoms with E-state index in [1.807, 2.05) is 36.4 Å². The van der Waals surface area contributed by atoms with Gasteiger partial charge < -0.3 is 11.1 Å². The Hall–Kier alpha value is -1.65. The van der Waals surface area contributed by atoms with Crippen molar-refractivity contribution in [3.05, 3.63) is 58.3 Å². The fourth-order valence-corrected chi connectivity index (χ4v) is 2.83. The predicted molar refractivity (Wildman–Crippen MR) is 83.7 cm³/mol. The Morgan fingerprint density at radius 1 is 1.25 bits per heavy atom. The van der Waals surface area contributed by atoms with Gasteiger partial charge in [0.25, 0.3) is 0 Å². The lowest BCUT2D eigenvalue weighted by Crippen LogP contribution is -2.40. The van der Waals surface area contributed by atoms with Gasteiger partial charge in [-0.15, -0.1) is 11.3 Å². The lowest BCUT2D eigenvalue weighted by Gasteiger charge is -2.24. The SMILES string of the molecule is CC(C)(CNC(=O)[C@@H](N)c1ccccc1)c1cccs1. The summed E-state index contributed by atoms with van der Waals surface area (Å²) in [7, 11) is 0. The third kappa shape index (κ3) is 3.46. The molecule has 2 rings (SSSR count). The summed E-state index contributed by atoms with van der Waals surface area (Å²) in [6, 6.07) is 12.9. The zero-order chi connectivity index (χ0) is 14.6. The van der Waals surface area contributed by atoms with Crippen molar-refractivity contribution in [3.63, 3.8) is 0 Å². The molecule has 4 heteroatoms. The Kier molecular flexibility index (Phi) is 4.57. The van der Waals surface area contributed by atoms with Crippen LogP contribution < -0.4 is 11.1 Å². The predicted octanol–water partition coefficient (Wildman–Crippen LogP) is 2.84. The van der Waals surface area contributed by atoms with E-state index in [9.17, 15) is 4.79 Å². The van der Waals surface area contributed by atoms with Crippen molar-refractivity contribution in [2.75, 3.05) is 6.54 Å². The van der Waals surface area contributed by atoms with Crippen LogP contribution in [0.25, 0.3) is 0 Å². The quantitative estimate of drug-likeness (QED) is 0.889. The molecule has 0 spiro atoms. The molecule has 1 amide bonds. The first-order valence-electron chi connectivity index (χ1n) is 6.63. The molecule has 0 aliphatic carbocycles. The summed E-state index contributed by atoms with van der Waals surface area (Å²) in [5.41, 5.74) is 6.73. The van der Waals surface area contributed by atoms with E-state index in [0.717, 1.165) is 5.56 Å². The molecule has 0 unspecified atom stereocenters. The number of rotatable bonds is 5. The van der Waals surface area contributed by atoms with Crippen LogP contribution in [0.1, 0.15) is 30.3 Å². The number of benzene rings is 1. The number of thiophene rings is 1. The third-order valence-electron chi connectivity index (χ3n) is 3.33. The number of nitrogens with one attached hydrogen (secondary N) is 1. The van der Waals surface area contributed by atoms with Crippen molar-refractivity contribution in [1.29, 1.82) is 0 Å². The van der Waals surface area contributed by atoms with Crippen molar-refractivity contribution in [3.8, 4) is 0 Å². The van der Waals surface area contributed by atoms with Gasteiger partial charge in [0.2, 0.25) is 5.91 Å². The Balaban J connectivity index is 1.96. The normalized spacial score (nSPS) is 12.9. The van der Waals surface area contributed by atoms with E-state index < -0.39 is 6.04 Å². The summed E-state index contributed by atoms with van der Waals surface area (Å²) < 4.78 is 0. The summed E-state index contributed by atoms with van der Waals surface area (Å²) in [5, 5.41) is 5.00. The molecule has 3 nitrogen and oxygen atoms in total. The van der Waals surface area contributed by atoms with Crippen LogP contribution in [0.15, 0.2) is 47.8 Å². The van der Waals surface area contributed by atoms with Crippen molar-refractivity contribution in [1.82, 2.24) is 5.32 Å². The summed E-state index contributed by atoms with van der Waals surface area (Å²) >= 11 is 1.70. The highest BCUT2D eigenvalue weighted by atomic mass is 32.1. The minimum absolute atomic E-state index is 0.0831. The molecule has 1 atom stereocenters. The smallest absolute Gasteiger partial charge is 0.241 e. The number of nitrogens with two attached hydrogens (primary N) is 1. The number of hydrogen-bond donors (Lipinski definition) is 2. The Bertz CT molecular complexity index is 549. The standard InChI is InChI=1S/C16H20N2OS/c1-16(2,13-9-6-10-20-13)11-18-15(19)14(17)12-7-4-3-5-8-12/h3-10,14H,11,17H2,1-2H3,(H,18,19)/t14-/m0/s1. The highest BCUT2D eigenvalue weighted by Crippen LogP contribution is 2.26. The summed E-state index contributed by atoms with van der Waals surface area (Å²) in [6.07, 6.45) is 0. The molecule has 2 aromatic rings. The summed E-state index contributed by atoms with van der Waals surface area (Å²) in [4.78, 5) is 13.4. The van der Waals surface area contributed by atoms with E-state index in [1.54, 1.807) is 11.3 Å². The zero-order valence-corrected chi connectivity index (χ0v) is 12.6. The number of carbonyl (C=O) groups excluding carboxylic acids is 1. The van der Waals surface area contributed by atoms with Gasteiger partial charge in [-0.05, 0) is 17.0 Å². The molecule has 1 aromatic carbocycles. The van der Waals surface area contributed by atoms with E-state index in [1.165, 1.54) is 4.88 Å². The van der Waals surface area contributed by atoms with E-state index >= 15 is 0 Å². The van der Waals surface area contributed by atoms with Crippen molar-refractivity contribution >= 4 is 17.2 Å². The van der Waals surface area contributed by atoms with Crippen molar-refractivity contribution < 1.29 is 4.79 Å². The van der Waals surface area contributed by atoms with E-state index in [-0.39, 0.29) is 11.3 Å². The van der Waals surface area contributed by atoms with Gasteiger partial charge in [-0.3, -0.25) is 4.79 Å². The number of hydrogen-bond acceptors (Lipinski definition) is 3. The maximum Gasteiger partial charge on any atom is 0.241 e. The van der Waals surface area contributed by atoms with Crippen molar-refractivity contribution in [2.45, 2.75) is 25.3 Å². The summed E-state index contributed by atoms with van der Waals surface area (Å²) in [6.45, 7) is 4.81. The molecule has 20 heavy (non-hydrogen) atoms. The molecule has 0 aliphatic heterocycles. The molecule has 0 aliphatic rings. The molecule has 0 fully saturated rings. The first-order chi connectivity index (χ1) is 9.50. The first-order valence-corrected chi connectivity index (χ1v) is 7.51. The van der Waals surface area contributed by atoms with Gasteiger partial charge in [0.05, 0.1) is 0 Å². The monoisotopic (exact) mass is 288 g/mol. The minimum atomic E-state index is -0.615. The minimum Gasteiger partial charge on any atom is -0.354 e. The average Bonchev–Trinajstić information content (AvgIpc) is 3.00. The largest absolute Gasteiger partial charge is 0.354 e. The van der Waals surface area contributed by atoms with Crippen LogP contribution in [0, 0.1) is 0 Å². The fourth-order valence-electron chi connectivity index (χ4n) is 1.98. The third-order valence-corrected chi connectivity index (χ3v) is 4.57. The lowest BCUT2D eigenvalue weighted by molar-refractivity contribution is -0.122. The average molecular weight is 288 g/mol. The van der Waals surface area contributed by atoms with Crippen LogP contribution in [-0.2, 0) is 10.2 Å². The molecule has 1 heterocycles. The Morgan fingerprint density at radius 2 is 1.95 bits per heavy atom. The van der Waals surface area contributed by atoms with E-state index in [2.05, 4.69) is 30.6 Å². The van der Waals surface area contributed by atoms with Crippen LogP contribution in [0.3, 0.4) is 0 Å². The first kappa shape index (κ1) is 14.8. The van der Waals surface area contributed by atoms with Crippen molar-refractivity contribution in [2.24, 2.45) is 5.73 Å². The number of carbonyl (C=O) groups is 1. The van der Waals surface area contributed by atoms with Crippen LogP contribution in [-0.4, -0.2) is 12.5 Å². The topological polar surface area (TPSA) is 55.1 Å². The van der Waals surface area contributed by atoms with Gasteiger partial charge in [0.15, 0.2) is 0 Å². The lowest BCUT2D eigenvalue weighted by atomic mass is 9.91. The van der Waals surface area contributed by atoms with Gasteiger partial charge >= 0.3 is 0 Å². The zero-order valence-electron chi connectivity index (χ0n) is 11.8. The maximum absolute atomic E-state index is 12.1. The second kappa shape index (κ2) is 6.20. The second-order valence-corrected chi connectivity index (χ2v) is 6.42. The van der Waals surface area contributed by atoms with E-state index in [4.69, 9.17) is 5.73 Å². The molecule has 106 valence electrons. The highest BCUT2D eigenvalue weighted by Gasteiger charge is 2.24. The molecule has 3 N–H and O–H groups in total. The van der Waals surface area contributed by atoms with Gasteiger partial charge in [0, 0.05) is 16.8 Å². The Labute approximate surface area is 123 Å². The van der Waals surface area contributed by atoms with Crippen LogP contribution in [0.5, 0.6) is 0 Å². The van der Waals surface area contributed by atoms with E-state index in [0.29, 0.717) is 6.54 Å². The highest BCUT2D eigenvalue weighted by molar-refractivity contribution is 7.10. The Morgan fingerprint density at radius 3 is 2.55 bits per heavy atom. The fraction of sp³-hybridized carbons (Fsp3) is 0.312. The number of amides is 1. The van der Waals surface area contributed by atoms with Crippen LogP contribution >= 0.6 is 11.3 Å². The van der Waals surface area contributed by atoms with Gasteiger partial charge in [0.1, 0.15) is 6.04 Å². The molecular formula is C16H20N2OS. The van der Waals surface area contributed by atoms with Gasteiger partial charge in [-0.2, -0.15) is 0 Å².